The highest BCUT2D eigenvalue weighted by Gasteiger charge is 2.24. The summed E-state index contributed by atoms with van der Waals surface area (Å²) in [7, 11) is 1.18. The molecule has 0 spiro atoms. The summed E-state index contributed by atoms with van der Waals surface area (Å²) in [6, 6.07) is 14.2. The molecule has 37 heavy (non-hydrogen) atoms. The predicted molar refractivity (Wildman–Crippen MR) is 141 cm³/mol. The molecule has 0 fully saturated rings. The number of methoxy groups -OCH3 is 1. The molecular formula is C26H23ClN4O5S. The van der Waals surface area contributed by atoms with Gasteiger partial charge in [0.2, 0.25) is 0 Å². The first-order valence-corrected chi connectivity index (χ1v) is 12.5. The standard InChI is InChI=1S/C26H23ClN4O5S/c1-36-26(35)21(14-30-25(34)22-6-3-11-37-22)31-24(33)18-8-7-15(12-19(18)27)23(32)29-13-16-4-2-5-20-17(16)9-10-28-20/h2-12,21,28H,13-14H2,1H3,(H,29,32)(H,30,34)(H,31,33)/t21-/m0/s1. The molecular weight excluding hydrogens is 516 g/mol. The van der Waals surface area contributed by atoms with Gasteiger partial charge in [0, 0.05) is 35.8 Å². The fourth-order valence-electron chi connectivity index (χ4n) is 3.68. The zero-order valence-electron chi connectivity index (χ0n) is 19.7. The monoisotopic (exact) mass is 538 g/mol. The van der Waals surface area contributed by atoms with Crippen molar-refractivity contribution >= 4 is 57.5 Å². The van der Waals surface area contributed by atoms with Crippen LogP contribution in [-0.2, 0) is 16.1 Å². The highest BCUT2D eigenvalue weighted by Crippen LogP contribution is 2.20. The van der Waals surface area contributed by atoms with E-state index in [-0.39, 0.29) is 34.5 Å². The number of benzene rings is 2. The van der Waals surface area contributed by atoms with Crippen molar-refractivity contribution in [1.29, 1.82) is 0 Å². The fourth-order valence-corrected chi connectivity index (χ4v) is 4.59. The lowest BCUT2D eigenvalue weighted by Crippen LogP contribution is -2.49. The molecule has 0 unspecified atom stereocenters. The molecule has 4 aromatic rings. The number of esters is 1. The van der Waals surface area contributed by atoms with Crippen LogP contribution in [-0.4, -0.2) is 48.4 Å². The number of rotatable bonds is 9. The Kier molecular flexibility index (Phi) is 8.22. The number of fused-ring (bicyclic) bond motifs is 1. The second-order valence-electron chi connectivity index (χ2n) is 7.97. The maximum atomic E-state index is 12.8. The summed E-state index contributed by atoms with van der Waals surface area (Å²) in [4.78, 5) is 53.5. The van der Waals surface area contributed by atoms with Crippen molar-refractivity contribution in [3.05, 3.63) is 92.8 Å². The van der Waals surface area contributed by atoms with E-state index >= 15 is 0 Å². The molecule has 0 aliphatic carbocycles. The van der Waals surface area contributed by atoms with E-state index in [1.54, 1.807) is 17.5 Å². The number of halogens is 1. The Hall–Kier alpha value is -4.15. The van der Waals surface area contributed by atoms with Gasteiger partial charge < -0.3 is 25.7 Å². The van der Waals surface area contributed by atoms with Crippen LogP contribution < -0.4 is 16.0 Å². The van der Waals surface area contributed by atoms with E-state index in [0.717, 1.165) is 16.5 Å². The number of carbonyl (C=O) groups is 4. The zero-order valence-corrected chi connectivity index (χ0v) is 21.2. The number of H-pyrrole nitrogens is 1. The fraction of sp³-hybridized carbons (Fsp3) is 0.154. The van der Waals surface area contributed by atoms with E-state index < -0.39 is 17.9 Å². The molecule has 2 aromatic carbocycles. The first-order chi connectivity index (χ1) is 17.9. The smallest absolute Gasteiger partial charge is 0.330 e. The lowest BCUT2D eigenvalue weighted by Gasteiger charge is -2.17. The Morgan fingerprint density at radius 2 is 1.84 bits per heavy atom. The number of thiophene rings is 1. The van der Waals surface area contributed by atoms with E-state index in [0.29, 0.717) is 11.4 Å². The third-order valence-corrected chi connectivity index (χ3v) is 6.78. The van der Waals surface area contributed by atoms with Crippen LogP contribution >= 0.6 is 22.9 Å². The van der Waals surface area contributed by atoms with Gasteiger partial charge >= 0.3 is 5.97 Å². The average Bonchev–Trinajstić information content (AvgIpc) is 3.61. The van der Waals surface area contributed by atoms with Crippen LogP contribution in [0.3, 0.4) is 0 Å². The molecule has 2 aromatic heterocycles. The van der Waals surface area contributed by atoms with Crippen LogP contribution in [0.25, 0.3) is 10.9 Å². The van der Waals surface area contributed by atoms with Crippen molar-refractivity contribution in [2.75, 3.05) is 13.7 Å². The Balaban J connectivity index is 1.39. The Morgan fingerprint density at radius 1 is 1.00 bits per heavy atom. The molecule has 11 heteroatoms. The predicted octanol–water partition coefficient (Wildman–Crippen LogP) is 3.51. The minimum atomic E-state index is -1.14. The third kappa shape index (κ3) is 6.16. The molecule has 3 amide bonds. The lowest BCUT2D eigenvalue weighted by molar-refractivity contribution is -0.142. The molecule has 4 N–H and O–H groups in total. The molecule has 4 rings (SSSR count). The maximum Gasteiger partial charge on any atom is 0.330 e. The third-order valence-electron chi connectivity index (χ3n) is 5.60. The van der Waals surface area contributed by atoms with Crippen LogP contribution in [0, 0.1) is 0 Å². The Labute approximate surface area is 221 Å². The van der Waals surface area contributed by atoms with Crippen molar-refractivity contribution in [3.63, 3.8) is 0 Å². The number of aromatic nitrogens is 1. The van der Waals surface area contributed by atoms with E-state index in [4.69, 9.17) is 16.3 Å². The van der Waals surface area contributed by atoms with Gasteiger partial charge in [0.15, 0.2) is 0 Å². The van der Waals surface area contributed by atoms with Gasteiger partial charge in [-0.15, -0.1) is 11.3 Å². The molecule has 0 aliphatic rings. The van der Waals surface area contributed by atoms with Gasteiger partial charge in [0.25, 0.3) is 17.7 Å². The topological polar surface area (TPSA) is 129 Å². The normalized spacial score (nSPS) is 11.5. The number of hydrogen-bond donors (Lipinski definition) is 4. The minimum absolute atomic E-state index is 0.0316. The summed E-state index contributed by atoms with van der Waals surface area (Å²) >= 11 is 7.56. The number of ether oxygens (including phenoxy) is 1. The summed E-state index contributed by atoms with van der Waals surface area (Å²) in [5, 5.41) is 10.8. The second-order valence-corrected chi connectivity index (χ2v) is 9.32. The zero-order chi connectivity index (χ0) is 26.4. The first-order valence-electron chi connectivity index (χ1n) is 11.2. The molecule has 0 aliphatic heterocycles. The highest BCUT2D eigenvalue weighted by molar-refractivity contribution is 7.12. The molecule has 0 radical (unpaired) electrons. The van der Waals surface area contributed by atoms with E-state index in [2.05, 4.69) is 20.9 Å². The van der Waals surface area contributed by atoms with Crippen LogP contribution in [0.4, 0.5) is 0 Å². The molecule has 0 saturated heterocycles. The van der Waals surface area contributed by atoms with Gasteiger partial charge in [0.05, 0.1) is 22.6 Å². The summed E-state index contributed by atoms with van der Waals surface area (Å²) in [6.07, 6.45) is 1.84. The largest absolute Gasteiger partial charge is 0.467 e. The van der Waals surface area contributed by atoms with E-state index in [1.807, 2.05) is 30.5 Å². The number of nitrogens with one attached hydrogen (secondary N) is 4. The van der Waals surface area contributed by atoms with Crippen LogP contribution in [0.2, 0.25) is 5.02 Å². The quantitative estimate of drug-likeness (QED) is 0.242. The van der Waals surface area contributed by atoms with E-state index in [1.165, 1.54) is 36.6 Å². The Bertz CT molecular complexity index is 1450. The number of amides is 3. The van der Waals surface area contributed by atoms with Crippen LogP contribution in [0.1, 0.15) is 36.0 Å². The number of hydrogen-bond acceptors (Lipinski definition) is 6. The molecule has 9 nitrogen and oxygen atoms in total. The van der Waals surface area contributed by atoms with Crippen molar-refractivity contribution in [2.24, 2.45) is 0 Å². The highest BCUT2D eigenvalue weighted by atomic mass is 35.5. The van der Waals surface area contributed by atoms with Gasteiger partial charge in [-0.3, -0.25) is 14.4 Å². The Morgan fingerprint density at radius 3 is 2.57 bits per heavy atom. The van der Waals surface area contributed by atoms with Gasteiger partial charge in [-0.25, -0.2) is 4.79 Å². The van der Waals surface area contributed by atoms with Gasteiger partial charge in [-0.1, -0.05) is 29.8 Å². The van der Waals surface area contributed by atoms with Crippen molar-refractivity contribution in [1.82, 2.24) is 20.9 Å². The van der Waals surface area contributed by atoms with Crippen molar-refractivity contribution in [2.45, 2.75) is 12.6 Å². The number of aromatic amines is 1. The second kappa shape index (κ2) is 11.7. The SMILES string of the molecule is COC(=O)[C@H](CNC(=O)c1cccs1)NC(=O)c1ccc(C(=O)NCc2cccc3[nH]ccc23)cc1Cl. The first kappa shape index (κ1) is 25.9. The lowest BCUT2D eigenvalue weighted by atomic mass is 10.1. The maximum absolute atomic E-state index is 12.8. The number of carbonyl (C=O) groups excluding carboxylic acids is 4. The summed E-state index contributed by atoms with van der Waals surface area (Å²) in [5.41, 5.74) is 2.26. The molecule has 190 valence electrons. The molecule has 2 heterocycles. The average molecular weight is 539 g/mol. The summed E-state index contributed by atoms with van der Waals surface area (Å²) < 4.78 is 4.75. The molecule has 1 atom stereocenters. The van der Waals surface area contributed by atoms with Crippen LogP contribution in [0.15, 0.2) is 66.2 Å². The minimum Gasteiger partial charge on any atom is -0.467 e. The van der Waals surface area contributed by atoms with Crippen LogP contribution in [0.5, 0.6) is 0 Å². The summed E-state index contributed by atoms with van der Waals surface area (Å²) in [5.74, 6) is -2.12. The molecule has 0 bridgehead atoms. The van der Waals surface area contributed by atoms with E-state index in [9.17, 15) is 19.2 Å². The summed E-state index contributed by atoms with van der Waals surface area (Å²) in [6.45, 7) is 0.132. The van der Waals surface area contributed by atoms with Crippen molar-refractivity contribution in [3.8, 4) is 0 Å². The molecule has 0 saturated carbocycles. The van der Waals surface area contributed by atoms with Gasteiger partial charge in [-0.2, -0.15) is 0 Å². The van der Waals surface area contributed by atoms with Gasteiger partial charge in [-0.05, 0) is 47.3 Å². The van der Waals surface area contributed by atoms with Crippen molar-refractivity contribution < 1.29 is 23.9 Å². The van der Waals surface area contributed by atoms with Gasteiger partial charge in [0.1, 0.15) is 6.04 Å².